The van der Waals surface area contributed by atoms with Gasteiger partial charge < -0.3 is 15.0 Å². The van der Waals surface area contributed by atoms with Gasteiger partial charge in [-0.05, 0) is 38.5 Å². The number of hydrogen-bond donors (Lipinski definition) is 1. The van der Waals surface area contributed by atoms with E-state index in [9.17, 15) is 4.79 Å². The Morgan fingerprint density at radius 3 is 2.61 bits per heavy atom. The molecule has 0 aromatic carbocycles. The van der Waals surface area contributed by atoms with Gasteiger partial charge in [0.05, 0.1) is 12.5 Å². The van der Waals surface area contributed by atoms with Crippen LogP contribution in [0.15, 0.2) is 0 Å². The number of piperidine rings is 1. The first-order valence-corrected chi connectivity index (χ1v) is 7.35. The zero-order valence-corrected chi connectivity index (χ0v) is 11.2. The highest BCUT2D eigenvalue weighted by Gasteiger charge is 2.36. The number of carbonyl (C=O) groups is 1. The molecule has 3 unspecified atom stereocenters. The van der Waals surface area contributed by atoms with E-state index >= 15 is 0 Å². The second kappa shape index (κ2) is 5.17. The second-order valence-electron chi connectivity index (χ2n) is 6.11. The van der Waals surface area contributed by atoms with E-state index in [0.717, 1.165) is 32.3 Å². The van der Waals surface area contributed by atoms with Crippen molar-refractivity contribution in [1.29, 1.82) is 0 Å². The molecular formula is C14H24N2O2. The lowest BCUT2D eigenvalue weighted by Gasteiger charge is -2.36. The van der Waals surface area contributed by atoms with Crippen LogP contribution in [0.3, 0.4) is 0 Å². The minimum absolute atomic E-state index is 0.179. The highest BCUT2D eigenvalue weighted by atomic mass is 16.5. The smallest absolute Gasteiger partial charge is 0.225 e. The van der Waals surface area contributed by atoms with E-state index in [2.05, 4.69) is 5.32 Å². The lowest BCUT2D eigenvalue weighted by Crippen LogP contribution is -2.49. The highest BCUT2D eigenvalue weighted by molar-refractivity contribution is 5.76. The number of nitrogens with zero attached hydrogens (tertiary/aromatic N) is 1. The lowest BCUT2D eigenvalue weighted by molar-refractivity contribution is -0.135. The SMILES string of the molecule is CN(C(=O)CC1CCCO1)C1CC2CCC(C1)N2. The van der Waals surface area contributed by atoms with Gasteiger partial charge in [-0.15, -0.1) is 0 Å². The maximum atomic E-state index is 12.3. The van der Waals surface area contributed by atoms with Crippen molar-refractivity contribution in [3.05, 3.63) is 0 Å². The molecule has 18 heavy (non-hydrogen) atoms. The molecule has 0 aromatic heterocycles. The molecule has 1 N–H and O–H groups in total. The van der Waals surface area contributed by atoms with Crippen molar-refractivity contribution in [3.63, 3.8) is 0 Å². The van der Waals surface area contributed by atoms with Crippen LogP contribution < -0.4 is 5.32 Å². The van der Waals surface area contributed by atoms with Gasteiger partial charge in [-0.25, -0.2) is 0 Å². The summed E-state index contributed by atoms with van der Waals surface area (Å²) in [6.07, 6.45) is 7.75. The Bertz CT molecular complexity index is 303. The third-order valence-corrected chi connectivity index (χ3v) is 4.82. The van der Waals surface area contributed by atoms with E-state index in [0.29, 0.717) is 24.5 Å². The molecule has 102 valence electrons. The molecule has 3 heterocycles. The van der Waals surface area contributed by atoms with Gasteiger partial charge in [0.25, 0.3) is 0 Å². The van der Waals surface area contributed by atoms with Gasteiger partial charge in [0, 0.05) is 31.8 Å². The van der Waals surface area contributed by atoms with E-state index in [1.165, 1.54) is 12.8 Å². The summed E-state index contributed by atoms with van der Waals surface area (Å²) < 4.78 is 5.56. The zero-order valence-electron chi connectivity index (χ0n) is 11.2. The van der Waals surface area contributed by atoms with Gasteiger partial charge in [-0.1, -0.05) is 0 Å². The summed E-state index contributed by atoms with van der Waals surface area (Å²) in [5, 5.41) is 3.62. The molecule has 3 rings (SSSR count). The fourth-order valence-corrected chi connectivity index (χ4v) is 3.69. The van der Waals surface area contributed by atoms with Crippen LogP contribution in [0.4, 0.5) is 0 Å². The first-order valence-electron chi connectivity index (χ1n) is 7.35. The number of fused-ring (bicyclic) bond motifs is 2. The average Bonchev–Trinajstić information content (AvgIpc) is 2.98. The van der Waals surface area contributed by atoms with Gasteiger partial charge >= 0.3 is 0 Å². The maximum Gasteiger partial charge on any atom is 0.225 e. The van der Waals surface area contributed by atoms with Crippen molar-refractivity contribution < 1.29 is 9.53 Å². The summed E-state index contributed by atoms with van der Waals surface area (Å²) in [6.45, 7) is 0.832. The molecule has 0 radical (unpaired) electrons. The van der Waals surface area contributed by atoms with Crippen LogP contribution in [-0.2, 0) is 9.53 Å². The Balaban J connectivity index is 1.53. The molecule has 4 nitrogen and oxygen atoms in total. The summed E-state index contributed by atoms with van der Waals surface area (Å²) in [6, 6.07) is 1.73. The molecule has 0 aliphatic carbocycles. The largest absolute Gasteiger partial charge is 0.378 e. The Hall–Kier alpha value is -0.610. The molecule has 3 atom stereocenters. The summed E-state index contributed by atoms with van der Waals surface area (Å²) in [5.74, 6) is 0.271. The summed E-state index contributed by atoms with van der Waals surface area (Å²) >= 11 is 0. The topological polar surface area (TPSA) is 41.6 Å². The summed E-state index contributed by atoms with van der Waals surface area (Å²) in [5.41, 5.74) is 0. The molecule has 0 spiro atoms. The molecule has 1 amide bonds. The number of ether oxygens (including phenoxy) is 1. The first kappa shape index (κ1) is 12.4. The Labute approximate surface area is 109 Å². The van der Waals surface area contributed by atoms with E-state index in [-0.39, 0.29) is 12.0 Å². The zero-order chi connectivity index (χ0) is 12.5. The molecule has 4 heteroatoms. The molecule has 0 saturated carbocycles. The van der Waals surface area contributed by atoms with E-state index < -0.39 is 0 Å². The number of hydrogen-bond acceptors (Lipinski definition) is 3. The predicted octanol–water partition coefficient (Wildman–Crippen LogP) is 1.30. The van der Waals surface area contributed by atoms with E-state index in [1.54, 1.807) is 0 Å². The van der Waals surface area contributed by atoms with Crippen LogP contribution in [0.25, 0.3) is 0 Å². The molecule has 3 aliphatic heterocycles. The quantitative estimate of drug-likeness (QED) is 0.823. The van der Waals surface area contributed by atoms with Gasteiger partial charge in [-0.2, -0.15) is 0 Å². The van der Waals surface area contributed by atoms with Crippen LogP contribution in [0, 0.1) is 0 Å². The van der Waals surface area contributed by atoms with E-state index in [4.69, 9.17) is 4.74 Å². The highest BCUT2D eigenvalue weighted by Crippen LogP contribution is 2.29. The van der Waals surface area contributed by atoms with Crippen molar-refractivity contribution in [2.75, 3.05) is 13.7 Å². The van der Waals surface area contributed by atoms with Crippen LogP contribution >= 0.6 is 0 Å². The fourth-order valence-electron chi connectivity index (χ4n) is 3.69. The molecule has 3 aliphatic rings. The van der Waals surface area contributed by atoms with Gasteiger partial charge in [0.15, 0.2) is 0 Å². The maximum absolute atomic E-state index is 12.3. The Morgan fingerprint density at radius 1 is 1.28 bits per heavy atom. The van der Waals surface area contributed by atoms with Crippen molar-refractivity contribution in [1.82, 2.24) is 10.2 Å². The van der Waals surface area contributed by atoms with Crippen LogP contribution in [0.5, 0.6) is 0 Å². The van der Waals surface area contributed by atoms with Crippen molar-refractivity contribution in [2.45, 2.75) is 69.2 Å². The standard InChI is InChI=1S/C14H24N2O2/c1-16(14(17)9-13-3-2-6-18-13)12-7-10-4-5-11(8-12)15-10/h10-13,15H,2-9H2,1H3. The van der Waals surface area contributed by atoms with Crippen molar-refractivity contribution >= 4 is 5.91 Å². The summed E-state index contributed by atoms with van der Waals surface area (Å²) in [4.78, 5) is 14.3. The molecule has 0 aromatic rings. The normalized spacial score (nSPS) is 38.9. The molecule has 3 fully saturated rings. The molecule has 2 bridgehead atoms. The van der Waals surface area contributed by atoms with Crippen LogP contribution in [0.1, 0.15) is 44.9 Å². The van der Waals surface area contributed by atoms with Gasteiger partial charge in [0.1, 0.15) is 0 Å². The van der Waals surface area contributed by atoms with Crippen molar-refractivity contribution in [2.24, 2.45) is 0 Å². The fraction of sp³-hybridized carbons (Fsp3) is 0.929. The average molecular weight is 252 g/mol. The number of rotatable bonds is 3. The minimum Gasteiger partial charge on any atom is -0.378 e. The summed E-state index contributed by atoms with van der Waals surface area (Å²) in [7, 11) is 1.98. The molecule has 3 saturated heterocycles. The Morgan fingerprint density at radius 2 is 2.00 bits per heavy atom. The van der Waals surface area contributed by atoms with Crippen LogP contribution in [0.2, 0.25) is 0 Å². The Kier molecular flexibility index (Phi) is 3.57. The number of carbonyl (C=O) groups excluding carboxylic acids is 1. The van der Waals surface area contributed by atoms with Crippen LogP contribution in [-0.4, -0.2) is 48.7 Å². The minimum atomic E-state index is 0.179. The lowest BCUT2D eigenvalue weighted by atomic mass is 9.98. The first-order chi connectivity index (χ1) is 8.72. The third kappa shape index (κ3) is 2.54. The molecular weight excluding hydrogens is 228 g/mol. The van der Waals surface area contributed by atoms with Crippen molar-refractivity contribution in [3.8, 4) is 0 Å². The third-order valence-electron chi connectivity index (χ3n) is 4.82. The van der Waals surface area contributed by atoms with Gasteiger partial charge in [0.2, 0.25) is 5.91 Å². The number of nitrogens with one attached hydrogen (secondary N) is 1. The second-order valence-corrected chi connectivity index (χ2v) is 6.11. The monoisotopic (exact) mass is 252 g/mol. The predicted molar refractivity (Wildman–Crippen MR) is 69.3 cm³/mol. The number of amides is 1. The van der Waals surface area contributed by atoms with E-state index in [1.807, 2.05) is 11.9 Å². The van der Waals surface area contributed by atoms with Gasteiger partial charge in [-0.3, -0.25) is 4.79 Å².